The monoisotopic (exact) mass is 268 g/mol. The Morgan fingerprint density at radius 3 is 2.10 bits per heavy atom. The summed E-state index contributed by atoms with van der Waals surface area (Å²) in [4.78, 5) is 13.6. The first-order valence-corrected chi connectivity index (χ1v) is 6.97. The summed E-state index contributed by atoms with van der Waals surface area (Å²) in [5, 5.41) is 2.86. The number of nitrogens with one attached hydrogen (secondary N) is 1. The van der Waals surface area contributed by atoms with Crippen LogP contribution in [0.5, 0.6) is 0 Å². The van der Waals surface area contributed by atoms with E-state index in [4.69, 9.17) is 0 Å². The molecule has 0 spiro atoms. The molecule has 0 saturated carbocycles. The first-order valence-electron chi connectivity index (χ1n) is 6.97. The van der Waals surface area contributed by atoms with Crippen LogP contribution in [0.15, 0.2) is 54.6 Å². The summed E-state index contributed by atoms with van der Waals surface area (Å²) in [6, 6.07) is 18.2. The minimum absolute atomic E-state index is 0.0353. The Morgan fingerprint density at radius 1 is 0.950 bits per heavy atom. The van der Waals surface area contributed by atoms with E-state index in [1.165, 1.54) is 5.69 Å². The van der Waals surface area contributed by atoms with E-state index in [1.807, 2.05) is 49.4 Å². The standard InChI is InChI=1S/C17H20N2O/c1-3-17(20)18-14-10-12-16(13-11-14)19(4-2)15-8-6-5-7-9-15/h5-13H,3-4H2,1-2H3,(H,18,20). The van der Waals surface area contributed by atoms with Crippen molar-refractivity contribution in [3.8, 4) is 0 Å². The Hall–Kier alpha value is -2.29. The van der Waals surface area contributed by atoms with Crippen LogP contribution in [0.25, 0.3) is 0 Å². The van der Waals surface area contributed by atoms with Crippen molar-refractivity contribution in [2.75, 3.05) is 16.8 Å². The zero-order chi connectivity index (χ0) is 14.4. The Labute approximate surface area is 120 Å². The maximum atomic E-state index is 11.4. The first kappa shape index (κ1) is 14.1. The van der Waals surface area contributed by atoms with Crippen LogP contribution in [-0.4, -0.2) is 12.5 Å². The molecule has 0 aliphatic rings. The largest absolute Gasteiger partial charge is 0.342 e. The molecule has 3 nitrogen and oxygen atoms in total. The van der Waals surface area contributed by atoms with E-state index < -0.39 is 0 Å². The second-order valence-electron chi connectivity index (χ2n) is 4.53. The second-order valence-corrected chi connectivity index (χ2v) is 4.53. The fraction of sp³-hybridized carbons (Fsp3) is 0.235. The van der Waals surface area contributed by atoms with Gasteiger partial charge in [-0.1, -0.05) is 25.1 Å². The van der Waals surface area contributed by atoms with Gasteiger partial charge in [0.2, 0.25) is 5.91 Å². The summed E-state index contributed by atoms with van der Waals surface area (Å²) in [7, 11) is 0. The van der Waals surface area contributed by atoms with Gasteiger partial charge < -0.3 is 10.2 Å². The van der Waals surface area contributed by atoms with Crippen LogP contribution in [0.4, 0.5) is 17.1 Å². The molecule has 20 heavy (non-hydrogen) atoms. The van der Waals surface area contributed by atoms with Crippen LogP contribution in [0.2, 0.25) is 0 Å². The zero-order valence-corrected chi connectivity index (χ0v) is 12.0. The van der Waals surface area contributed by atoms with E-state index in [0.717, 1.165) is 17.9 Å². The molecule has 104 valence electrons. The number of hydrogen-bond donors (Lipinski definition) is 1. The summed E-state index contributed by atoms with van der Waals surface area (Å²) in [6.45, 7) is 4.86. The van der Waals surface area contributed by atoms with E-state index in [0.29, 0.717) is 6.42 Å². The molecule has 0 aliphatic carbocycles. The van der Waals surface area contributed by atoms with Gasteiger partial charge in [0.25, 0.3) is 0 Å². The summed E-state index contributed by atoms with van der Waals surface area (Å²) in [5.41, 5.74) is 3.12. The fourth-order valence-electron chi connectivity index (χ4n) is 2.10. The molecule has 2 rings (SSSR count). The number of nitrogens with zero attached hydrogens (tertiary/aromatic N) is 1. The van der Waals surface area contributed by atoms with Crippen molar-refractivity contribution in [3.63, 3.8) is 0 Å². The average Bonchev–Trinajstić information content (AvgIpc) is 2.50. The van der Waals surface area contributed by atoms with E-state index in [2.05, 4.69) is 29.3 Å². The molecule has 2 aromatic carbocycles. The molecule has 0 aromatic heterocycles. The second kappa shape index (κ2) is 6.75. The lowest BCUT2D eigenvalue weighted by Crippen LogP contribution is -2.16. The molecule has 0 fully saturated rings. The number of anilines is 3. The molecule has 2 aromatic rings. The average molecular weight is 268 g/mol. The molecule has 0 aliphatic heterocycles. The predicted octanol–water partition coefficient (Wildman–Crippen LogP) is 4.19. The van der Waals surface area contributed by atoms with E-state index in [-0.39, 0.29) is 5.91 Å². The Kier molecular flexibility index (Phi) is 4.77. The third kappa shape index (κ3) is 3.38. The molecule has 0 radical (unpaired) electrons. The van der Waals surface area contributed by atoms with Crippen molar-refractivity contribution in [2.24, 2.45) is 0 Å². The molecule has 0 heterocycles. The molecule has 3 heteroatoms. The van der Waals surface area contributed by atoms with Gasteiger partial charge in [-0.05, 0) is 43.3 Å². The number of para-hydroxylation sites is 1. The van der Waals surface area contributed by atoms with Crippen molar-refractivity contribution in [1.82, 2.24) is 0 Å². The normalized spacial score (nSPS) is 10.1. The van der Waals surface area contributed by atoms with E-state index in [9.17, 15) is 4.79 Å². The van der Waals surface area contributed by atoms with Crippen LogP contribution in [0.1, 0.15) is 20.3 Å². The summed E-state index contributed by atoms with van der Waals surface area (Å²) in [6.07, 6.45) is 0.493. The maximum Gasteiger partial charge on any atom is 0.224 e. The summed E-state index contributed by atoms with van der Waals surface area (Å²) in [5.74, 6) is 0.0353. The summed E-state index contributed by atoms with van der Waals surface area (Å²) < 4.78 is 0. The van der Waals surface area contributed by atoms with E-state index >= 15 is 0 Å². The number of rotatable bonds is 5. The minimum atomic E-state index is 0.0353. The lowest BCUT2D eigenvalue weighted by molar-refractivity contribution is -0.115. The lowest BCUT2D eigenvalue weighted by atomic mass is 10.2. The molecule has 1 N–H and O–H groups in total. The molecule has 0 unspecified atom stereocenters. The topological polar surface area (TPSA) is 32.3 Å². The number of carbonyl (C=O) groups excluding carboxylic acids is 1. The molecule has 0 bridgehead atoms. The van der Waals surface area contributed by atoms with Gasteiger partial charge in [0.1, 0.15) is 0 Å². The van der Waals surface area contributed by atoms with Crippen LogP contribution in [0, 0.1) is 0 Å². The fourth-order valence-corrected chi connectivity index (χ4v) is 2.10. The van der Waals surface area contributed by atoms with Gasteiger partial charge in [0.05, 0.1) is 0 Å². The SMILES string of the molecule is CCC(=O)Nc1ccc(N(CC)c2ccccc2)cc1. The van der Waals surface area contributed by atoms with Crippen LogP contribution in [-0.2, 0) is 4.79 Å². The highest BCUT2D eigenvalue weighted by molar-refractivity contribution is 5.90. The Morgan fingerprint density at radius 2 is 1.55 bits per heavy atom. The van der Waals surface area contributed by atoms with Gasteiger partial charge in [-0.15, -0.1) is 0 Å². The maximum absolute atomic E-state index is 11.4. The lowest BCUT2D eigenvalue weighted by Gasteiger charge is -2.23. The van der Waals surface area contributed by atoms with Crippen molar-refractivity contribution >= 4 is 23.0 Å². The van der Waals surface area contributed by atoms with Gasteiger partial charge in [-0.3, -0.25) is 4.79 Å². The van der Waals surface area contributed by atoms with Crippen molar-refractivity contribution in [2.45, 2.75) is 20.3 Å². The number of benzene rings is 2. The van der Waals surface area contributed by atoms with Crippen LogP contribution < -0.4 is 10.2 Å². The van der Waals surface area contributed by atoms with Gasteiger partial charge in [-0.25, -0.2) is 0 Å². The molecular weight excluding hydrogens is 248 g/mol. The van der Waals surface area contributed by atoms with Crippen molar-refractivity contribution < 1.29 is 4.79 Å². The molecule has 1 amide bonds. The smallest absolute Gasteiger partial charge is 0.224 e. The van der Waals surface area contributed by atoms with Gasteiger partial charge in [0.15, 0.2) is 0 Å². The van der Waals surface area contributed by atoms with Gasteiger partial charge in [0, 0.05) is 30.0 Å². The molecule has 0 atom stereocenters. The highest BCUT2D eigenvalue weighted by atomic mass is 16.1. The number of hydrogen-bond acceptors (Lipinski definition) is 2. The summed E-state index contributed by atoms with van der Waals surface area (Å²) >= 11 is 0. The Balaban J connectivity index is 2.18. The van der Waals surface area contributed by atoms with Gasteiger partial charge >= 0.3 is 0 Å². The van der Waals surface area contributed by atoms with Crippen molar-refractivity contribution in [3.05, 3.63) is 54.6 Å². The Bertz CT molecular complexity index is 549. The predicted molar refractivity (Wildman–Crippen MR) is 84.5 cm³/mol. The molecular formula is C17H20N2O. The van der Waals surface area contributed by atoms with Crippen molar-refractivity contribution in [1.29, 1.82) is 0 Å². The van der Waals surface area contributed by atoms with Crippen LogP contribution >= 0.6 is 0 Å². The quantitative estimate of drug-likeness (QED) is 0.881. The number of amides is 1. The first-order chi connectivity index (χ1) is 9.74. The van der Waals surface area contributed by atoms with Gasteiger partial charge in [-0.2, -0.15) is 0 Å². The van der Waals surface area contributed by atoms with E-state index in [1.54, 1.807) is 0 Å². The van der Waals surface area contributed by atoms with Crippen LogP contribution in [0.3, 0.4) is 0 Å². The minimum Gasteiger partial charge on any atom is -0.342 e. The third-order valence-electron chi connectivity index (χ3n) is 3.17. The number of carbonyl (C=O) groups is 1. The third-order valence-corrected chi connectivity index (χ3v) is 3.17. The zero-order valence-electron chi connectivity index (χ0n) is 12.0. The highest BCUT2D eigenvalue weighted by Gasteiger charge is 2.06. The highest BCUT2D eigenvalue weighted by Crippen LogP contribution is 2.25. The molecule has 0 saturated heterocycles.